The van der Waals surface area contributed by atoms with Crippen molar-refractivity contribution in [3.63, 3.8) is 0 Å². The second-order valence-electron chi connectivity index (χ2n) is 14.4. The average Bonchev–Trinajstić information content (AvgIpc) is 3.90. The third-order valence-electron chi connectivity index (χ3n) is 10.3. The van der Waals surface area contributed by atoms with Crippen molar-refractivity contribution < 1.29 is 70.2 Å². The number of carbonyl (C=O) groups excluding carboxylic acids is 2. The van der Waals surface area contributed by atoms with Gasteiger partial charge in [0.1, 0.15) is 40.1 Å². The topological polar surface area (TPSA) is 334 Å². The number of aliphatic hydroxyl groups is 8. The number of aliphatic hydroxyl groups excluding tert-OH is 8. The molecule has 2 atom stereocenters. The maximum atomic E-state index is 11.6. The van der Waals surface area contributed by atoms with E-state index < -0.39 is 76.1 Å². The summed E-state index contributed by atoms with van der Waals surface area (Å²) in [5.41, 5.74) is 11.7. The molecule has 2 amide bonds. The van der Waals surface area contributed by atoms with Crippen LogP contribution in [-0.4, -0.2) is 151 Å². The third kappa shape index (κ3) is 12.2. The molecular formula is C42H56N6O14. The number of fused-ring (bicyclic) bond motifs is 8. The zero-order valence-corrected chi connectivity index (χ0v) is 35.4. The van der Waals surface area contributed by atoms with E-state index in [0.717, 1.165) is 44.4 Å². The quantitative estimate of drug-likeness (QED) is 0.102. The van der Waals surface area contributed by atoms with E-state index in [4.69, 9.17) is 40.6 Å². The molecule has 0 spiro atoms. The average molecular weight is 869 g/mol. The van der Waals surface area contributed by atoms with Gasteiger partial charge in [0, 0.05) is 46.0 Å². The number of amides is 2. The molecule has 62 heavy (non-hydrogen) atoms. The number of aryl methyl sites for hydroxylation is 3. The van der Waals surface area contributed by atoms with Gasteiger partial charge in [0.25, 0.3) is 11.8 Å². The van der Waals surface area contributed by atoms with Gasteiger partial charge in [0.05, 0.1) is 35.0 Å². The molecule has 8 bridgehead atoms. The highest BCUT2D eigenvalue weighted by molar-refractivity contribution is 5.96. The molecule has 2 unspecified atom stereocenters. The van der Waals surface area contributed by atoms with Crippen molar-refractivity contribution in [2.24, 2.45) is 0 Å². The van der Waals surface area contributed by atoms with E-state index in [0.29, 0.717) is 54.7 Å². The summed E-state index contributed by atoms with van der Waals surface area (Å²) in [6.45, 7) is 7.40. The lowest BCUT2D eigenvalue weighted by Crippen LogP contribution is -2.34. The molecule has 12 N–H and O–H groups in total. The van der Waals surface area contributed by atoms with Gasteiger partial charge in [-0.15, -0.1) is 0 Å². The highest BCUT2D eigenvalue weighted by atomic mass is 16.4. The van der Waals surface area contributed by atoms with Crippen LogP contribution in [0.4, 0.5) is 0 Å². The second kappa shape index (κ2) is 22.8. The van der Waals surface area contributed by atoms with Crippen LogP contribution < -0.4 is 0 Å². The number of rotatable bonds is 14. The molecule has 0 aliphatic carbocycles. The van der Waals surface area contributed by atoms with E-state index in [1.165, 1.54) is 0 Å². The lowest BCUT2D eigenvalue weighted by atomic mass is 9.99. The molecule has 5 rings (SSSR count). The Kier molecular flexibility index (Phi) is 18.6. The van der Waals surface area contributed by atoms with E-state index in [1.807, 2.05) is 52.0 Å². The van der Waals surface area contributed by atoms with Gasteiger partial charge in [-0.1, -0.05) is 0 Å². The summed E-state index contributed by atoms with van der Waals surface area (Å²) in [6, 6.07) is 7.51. The predicted octanol–water partition coefficient (Wildman–Crippen LogP) is 1.52. The Morgan fingerprint density at radius 1 is 0.581 bits per heavy atom. The minimum atomic E-state index is -0.917. The summed E-state index contributed by atoms with van der Waals surface area (Å²) in [5.74, 6) is -3.22. The SMILES string of the molecule is CC1=C(CCC(=O)O)c2cc3[nH]c(cc4nc(cc5[nH]c(cc1n2)c(C(C)O)c5C)C(C(C)O)=C4C)c(C)c3CCC(=O)O.O=C(CO)N(CO)CO.O=C(CO)N(CO)CO. The Hall–Kier alpha value is -5.84. The van der Waals surface area contributed by atoms with Gasteiger partial charge in [-0.2, -0.15) is 0 Å². The maximum absolute atomic E-state index is 11.6. The van der Waals surface area contributed by atoms with Crippen LogP contribution in [0.3, 0.4) is 0 Å². The molecule has 0 saturated heterocycles. The van der Waals surface area contributed by atoms with E-state index in [2.05, 4.69) is 9.97 Å². The van der Waals surface area contributed by atoms with Gasteiger partial charge in [-0.05, 0) is 112 Å². The zero-order valence-electron chi connectivity index (χ0n) is 35.4. The van der Waals surface area contributed by atoms with Crippen molar-refractivity contribution in [2.45, 2.75) is 79.4 Å². The third-order valence-corrected chi connectivity index (χ3v) is 10.3. The minimum absolute atomic E-state index is 0.0628. The number of nitrogens with one attached hydrogen (secondary N) is 2. The number of allylic oxidation sites excluding steroid dienone is 3. The molecule has 0 radical (unpaired) electrons. The predicted molar refractivity (Wildman–Crippen MR) is 227 cm³/mol. The number of carbonyl (C=O) groups is 4. The lowest BCUT2D eigenvalue weighted by Gasteiger charge is -2.13. The molecule has 3 aromatic heterocycles. The Morgan fingerprint density at radius 3 is 1.48 bits per heavy atom. The molecular weight excluding hydrogens is 812 g/mol. The normalized spacial score (nSPS) is 13.1. The van der Waals surface area contributed by atoms with Crippen molar-refractivity contribution in [1.29, 1.82) is 0 Å². The van der Waals surface area contributed by atoms with Crippen molar-refractivity contribution in [1.82, 2.24) is 29.7 Å². The van der Waals surface area contributed by atoms with Crippen molar-refractivity contribution in [3.8, 4) is 0 Å². The Balaban J connectivity index is 0.000000475. The first-order valence-electron chi connectivity index (χ1n) is 19.4. The Morgan fingerprint density at radius 2 is 1.02 bits per heavy atom. The number of aromatic nitrogens is 4. The van der Waals surface area contributed by atoms with Gasteiger partial charge in [0.15, 0.2) is 0 Å². The molecule has 3 aromatic rings. The van der Waals surface area contributed by atoms with Crippen LogP contribution in [0.25, 0.3) is 44.4 Å². The summed E-state index contributed by atoms with van der Waals surface area (Å²) in [7, 11) is 0. The van der Waals surface area contributed by atoms with Gasteiger partial charge in [0.2, 0.25) is 0 Å². The van der Waals surface area contributed by atoms with Crippen molar-refractivity contribution >= 4 is 68.1 Å². The smallest absolute Gasteiger partial charge is 0.303 e. The van der Waals surface area contributed by atoms with Crippen LogP contribution >= 0.6 is 0 Å². The number of hydrogen-bond acceptors (Lipinski definition) is 14. The molecule has 338 valence electrons. The number of hydrogen-bond donors (Lipinski definition) is 12. The van der Waals surface area contributed by atoms with Gasteiger partial charge >= 0.3 is 11.9 Å². The van der Waals surface area contributed by atoms with Gasteiger partial charge in [-0.3, -0.25) is 29.0 Å². The molecule has 0 aromatic carbocycles. The fourth-order valence-corrected chi connectivity index (χ4v) is 6.92. The van der Waals surface area contributed by atoms with Crippen LogP contribution in [0.15, 0.2) is 24.3 Å². The monoisotopic (exact) mass is 868 g/mol. The van der Waals surface area contributed by atoms with Crippen LogP contribution in [0.5, 0.6) is 0 Å². The molecule has 20 heteroatoms. The van der Waals surface area contributed by atoms with E-state index >= 15 is 0 Å². The van der Waals surface area contributed by atoms with Crippen molar-refractivity contribution in [3.05, 3.63) is 69.3 Å². The van der Waals surface area contributed by atoms with E-state index in [1.54, 1.807) is 13.8 Å². The number of nitrogens with zero attached hydrogens (tertiary/aromatic N) is 4. The first-order chi connectivity index (χ1) is 29.3. The standard InChI is InChI=1S/C34H38N4O6.2C4H9NO4/c1-15-21(7-9-31(41)42)27-14-28-22(8-10-32(43)44)16(2)24(36-28)12-29-34(20(6)40)18(4)26(38-29)13-30-33(19(5)39)17(3)25(37-30)11-23(15)35-27;2*6-1-4(9)5(2-7)3-8/h11-14,19-20,35,38-40H,7-10H2,1-6H3,(H,41,42)(H,43,44);2*6-8H,1-3H2. The van der Waals surface area contributed by atoms with Crippen molar-refractivity contribution in [2.75, 3.05) is 40.1 Å². The second-order valence-corrected chi connectivity index (χ2v) is 14.4. The number of carboxylic acids is 2. The van der Waals surface area contributed by atoms with Gasteiger partial charge in [-0.25, -0.2) is 9.97 Å². The fourth-order valence-electron chi connectivity index (χ4n) is 6.92. The summed E-state index contributed by atoms with van der Waals surface area (Å²) >= 11 is 0. The number of carboxylic acid groups (broad SMARTS) is 2. The molecule has 20 nitrogen and oxygen atoms in total. The van der Waals surface area contributed by atoms with E-state index in [9.17, 15) is 39.6 Å². The first-order valence-corrected chi connectivity index (χ1v) is 19.4. The lowest BCUT2D eigenvalue weighted by molar-refractivity contribution is -0.143. The summed E-state index contributed by atoms with van der Waals surface area (Å²) in [6.07, 6.45) is -1.16. The first kappa shape index (κ1) is 50.5. The van der Waals surface area contributed by atoms with Crippen LogP contribution in [-0.2, 0) is 25.6 Å². The van der Waals surface area contributed by atoms with E-state index in [-0.39, 0.29) is 25.7 Å². The number of aliphatic carboxylic acids is 2. The Bertz CT molecular complexity index is 2330. The molecule has 2 aliphatic rings. The molecule has 0 fully saturated rings. The largest absolute Gasteiger partial charge is 0.481 e. The maximum Gasteiger partial charge on any atom is 0.303 e. The number of aromatic amines is 2. The Labute approximate surface area is 356 Å². The summed E-state index contributed by atoms with van der Waals surface area (Å²) in [5, 5.41) is 89.8. The van der Waals surface area contributed by atoms with Crippen LogP contribution in [0, 0.1) is 13.8 Å². The van der Waals surface area contributed by atoms with Gasteiger partial charge < -0.3 is 61.0 Å². The molecule has 5 heterocycles. The zero-order chi connectivity index (χ0) is 46.6. The number of H-pyrrole nitrogens is 2. The fraction of sp³-hybridized carbons (Fsp3) is 0.429. The highest BCUT2D eigenvalue weighted by Gasteiger charge is 2.24. The summed E-state index contributed by atoms with van der Waals surface area (Å²) in [4.78, 5) is 61.9. The summed E-state index contributed by atoms with van der Waals surface area (Å²) < 4.78 is 0. The minimum Gasteiger partial charge on any atom is -0.481 e. The highest BCUT2D eigenvalue weighted by Crippen LogP contribution is 2.37. The molecule has 2 aliphatic heterocycles. The molecule has 0 saturated carbocycles. The van der Waals surface area contributed by atoms with Crippen LogP contribution in [0.2, 0.25) is 0 Å². The van der Waals surface area contributed by atoms with Crippen LogP contribution in [0.1, 0.15) is 98.1 Å².